The van der Waals surface area contributed by atoms with Crippen LogP contribution in [0.4, 0.5) is 0 Å². The number of methoxy groups -OCH3 is 1. The molecular weight excluding hydrogens is 520 g/mol. The van der Waals surface area contributed by atoms with Crippen molar-refractivity contribution in [2.75, 3.05) is 20.7 Å². The highest BCUT2D eigenvalue weighted by molar-refractivity contribution is 6.38. The highest BCUT2D eigenvalue weighted by atomic mass is 16.5. The molecular formula is C32H22N4O5. The van der Waals surface area contributed by atoms with Crippen LogP contribution in [0, 0.1) is 0 Å². The van der Waals surface area contributed by atoms with Crippen molar-refractivity contribution in [2.24, 2.45) is 0 Å². The fraction of sp³-hybridized carbons (Fsp3) is 0.125. The summed E-state index contributed by atoms with van der Waals surface area (Å²) in [6.07, 6.45) is 3.45. The van der Waals surface area contributed by atoms with Crippen LogP contribution in [0.5, 0.6) is 0 Å². The topological polar surface area (TPSA) is 119 Å². The number of imide groups is 1. The Balaban J connectivity index is 1.50. The number of amides is 3. The summed E-state index contributed by atoms with van der Waals surface area (Å²) in [6, 6.07) is 16.6. The van der Waals surface area contributed by atoms with E-state index in [0.29, 0.717) is 66.5 Å². The second kappa shape index (κ2) is 9.06. The molecule has 0 aliphatic carbocycles. The van der Waals surface area contributed by atoms with Crippen LogP contribution in [0.15, 0.2) is 67.0 Å². The number of aromatic nitrogens is 2. The molecule has 0 unspecified atom stereocenters. The minimum Gasteiger partial charge on any atom is -0.465 e. The van der Waals surface area contributed by atoms with Gasteiger partial charge in [0.05, 0.1) is 29.3 Å². The molecule has 0 spiro atoms. The van der Waals surface area contributed by atoms with Crippen molar-refractivity contribution in [1.82, 2.24) is 20.2 Å². The van der Waals surface area contributed by atoms with Gasteiger partial charge < -0.3 is 10.1 Å². The zero-order valence-corrected chi connectivity index (χ0v) is 22.1. The molecule has 0 saturated carbocycles. The second-order valence-corrected chi connectivity index (χ2v) is 9.93. The number of benzene rings is 4. The molecule has 0 atom stereocenters. The number of fused-ring (bicyclic) bond motifs is 2. The number of nitrogens with one attached hydrogen (secondary N) is 1. The Morgan fingerprint density at radius 2 is 1.44 bits per heavy atom. The molecule has 9 nitrogen and oxygen atoms in total. The number of carbonyl (C=O) groups is 4. The maximum absolute atomic E-state index is 13.7. The van der Waals surface area contributed by atoms with Gasteiger partial charge in [0.1, 0.15) is 0 Å². The summed E-state index contributed by atoms with van der Waals surface area (Å²) in [5.41, 5.74) is 3.31. The van der Waals surface area contributed by atoms with Crippen LogP contribution in [-0.4, -0.2) is 59.3 Å². The monoisotopic (exact) mass is 542 g/mol. The van der Waals surface area contributed by atoms with Gasteiger partial charge in [-0.15, -0.1) is 0 Å². The van der Waals surface area contributed by atoms with Crippen LogP contribution >= 0.6 is 0 Å². The highest BCUT2D eigenvalue weighted by Gasteiger charge is 2.35. The summed E-state index contributed by atoms with van der Waals surface area (Å²) in [5, 5.41) is 6.09. The summed E-state index contributed by atoms with van der Waals surface area (Å²) in [7, 11) is 2.79. The molecule has 9 heteroatoms. The largest absolute Gasteiger partial charge is 0.465 e. The summed E-state index contributed by atoms with van der Waals surface area (Å²) >= 11 is 0. The van der Waals surface area contributed by atoms with E-state index in [2.05, 4.69) is 10.3 Å². The molecule has 0 radical (unpaired) electrons. The zero-order valence-electron chi connectivity index (χ0n) is 22.1. The van der Waals surface area contributed by atoms with Crippen molar-refractivity contribution in [3.8, 4) is 0 Å². The Morgan fingerprint density at radius 3 is 2.15 bits per heavy atom. The lowest BCUT2D eigenvalue weighted by Gasteiger charge is -2.28. The average molecular weight is 543 g/mol. The van der Waals surface area contributed by atoms with Crippen LogP contribution in [0.1, 0.15) is 47.0 Å². The summed E-state index contributed by atoms with van der Waals surface area (Å²) < 4.78 is 5.00. The average Bonchev–Trinajstić information content (AvgIpc) is 3.01. The molecule has 41 heavy (non-hydrogen) atoms. The first-order valence-electron chi connectivity index (χ1n) is 13.1. The van der Waals surface area contributed by atoms with Crippen LogP contribution in [0.3, 0.4) is 0 Å². The Morgan fingerprint density at radius 1 is 0.780 bits per heavy atom. The maximum Gasteiger partial charge on any atom is 0.340 e. The van der Waals surface area contributed by atoms with Gasteiger partial charge >= 0.3 is 5.97 Å². The number of ether oxygens (including phenoxy) is 1. The lowest BCUT2D eigenvalue weighted by Crippen LogP contribution is -2.41. The van der Waals surface area contributed by atoms with Crippen molar-refractivity contribution >= 4 is 67.0 Å². The second-order valence-electron chi connectivity index (χ2n) is 9.93. The molecule has 2 aromatic heterocycles. The number of hydrogen-bond acceptors (Lipinski definition) is 7. The number of carbonyl (C=O) groups excluding carboxylic acids is 4. The Labute approximate surface area is 233 Å². The molecule has 1 N–H and O–H groups in total. The third kappa shape index (κ3) is 3.42. The Kier molecular flexibility index (Phi) is 5.43. The fourth-order valence-electron chi connectivity index (χ4n) is 5.98. The van der Waals surface area contributed by atoms with E-state index in [1.807, 2.05) is 30.3 Å². The van der Waals surface area contributed by atoms with Gasteiger partial charge in [0.2, 0.25) is 0 Å². The number of nitrogens with zero attached hydrogens (tertiary/aromatic N) is 3. The Hall–Kier alpha value is -5.44. The molecule has 0 saturated heterocycles. The van der Waals surface area contributed by atoms with Crippen molar-refractivity contribution < 1.29 is 23.9 Å². The molecule has 6 aromatic rings. The van der Waals surface area contributed by atoms with Gasteiger partial charge in [0, 0.05) is 69.4 Å². The minimum atomic E-state index is -0.623. The van der Waals surface area contributed by atoms with Crippen LogP contribution < -0.4 is 5.32 Å². The zero-order chi connectivity index (χ0) is 28.4. The van der Waals surface area contributed by atoms with Crippen LogP contribution in [0.25, 0.3) is 43.4 Å². The molecule has 200 valence electrons. The third-order valence-corrected chi connectivity index (χ3v) is 7.87. The van der Waals surface area contributed by atoms with Crippen molar-refractivity contribution in [3.05, 3.63) is 94.8 Å². The predicted molar refractivity (Wildman–Crippen MR) is 153 cm³/mol. The lowest BCUT2D eigenvalue weighted by atomic mass is 9.87. The molecule has 0 bridgehead atoms. The van der Waals surface area contributed by atoms with E-state index in [-0.39, 0.29) is 23.9 Å². The van der Waals surface area contributed by atoms with Gasteiger partial charge in [0.25, 0.3) is 17.7 Å². The number of rotatable bonds is 5. The molecule has 3 heterocycles. The standard InChI is InChI=1S/C32H22N4O5/c1-33-29(37)19-10-8-17-25-23(19)22(32(40)41-2)15-35-27(25)18-9-11-20-24-21(14-34-28(17)26(18)24)31(39)36(30(20)38)13-12-16-6-4-3-5-7-16/h3-11,14-15H,12-13H2,1-2H3,(H,33,37). The van der Waals surface area contributed by atoms with E-state index < -0.39 is 11.9 Å². The Bertz CT molecular complexity index is 1990. The molecule has 1 aliphatic rings. The quantitative estimate of drug-likeness (QED) is 0.147. The van der Waals surface area contributed by atoms with Crippen molar-refractivity contribution in [3.63, 3.8) is 0 Å². The molecule has 4 aromatic carbocycles. The fourth-order valence-corrected chi connectivity index (χ4v) is 5.98. The van der Waals surface area contributed by atoms with E-state index in [0.717, 1.165) is 5.56 Å². The normalized spacial score (nSPS) is 13.1. The first-order chi connectivity index (χ1) is 19.9. The number of pyridine rings is 2. The smallest absolute Gasteiger partial charge is 0.340 e. The van der Waals surface area contributed by atoms with Crippen molar-refractivity contribution in [1.29, 1.82) is 0 Å². The lowest BCUT2D eigenvalue weighted by molar-refractivity contribution is 0.0594. The highest BCUT2D eigenvalue weighted by Crippen LogP contribution is 2.43. The van der Waals surface area contributed by atoms with E-state index >= 15 is 0 Å². The third-order valence-electron chi connectivity index (χ3n) is 7.87. The van der Waals surface area contributed by atoms with E-state index in [1.54, 1.807) is 24.3 Å². The first kappa shape index (κ1) is 24.6. The van der Waals surface area contributed by atoms with Gasteiger partial charge in [-0.3, -0.25) is 29.3 Å². The van der Waals surface area contributed by atoms with Gasteiger partial charge in [-0.25, -0.2) is 4.79 Å². The predicted octanol–water partition coefficient (Wildman–Crippen LogP) is 4.51. The number of hydrogen-bond donors (Lipinski definition) is 1. The van der Waals surface area contributed by atoms with E-state index in [4.69, 9.17) is 9.72 Å². The van der Waals surface area contributed by atoms with Gasteiger partial charge in [-0.2, -0.15) is 0 Å². The van der Waals surface area contributed by atoms with Crippen LogP contribution in [0.2, 0.25) is 0 Å². The van der Waals surface area contributed by atoms with Crippen LogP contribution in [-0.2, 0) is 11.2 Å². The maximum atomic E-state index is 13.7. The van der Waals surface area contributed by atoms with E-state index in [1.165, 1.54) is 31.5 Å². The molecule has 3 amide bonds. The molecule has 7 rings (SSSR count). The summed E-state index contributed by atoms with van der Waals surface area (Å²) in [6.45, 7) is 0.244. The van der Waals surface area contributed by atoms with Gasteiger partial charge in [-0.05, 0) is 24.1 Å². The van der Waals surface area contributed by atoms with Crippen molar-refractivity contribution in [2.45, 2.75) is 6.42 Å². The molecule has 1 aliphatic heterocycles. The SMILES string of the molecule is CNC(=O)c1ccc2c3ncc4c5c(ccc(c6ncc(C(=O)OC)c1c26)c53)C(=O)N(CCc1ccccc1)C4=O. The van der Waals surface area contributed by atoms with Gasteiger partial charge in [-0.1, -0.05) is 42.5 Å². The number of esters is 1. The summed E-state index contributed by atoms with van der Waals surface area (Å²) in [4.78, 5) is 63.6. The van der Waals surface area contributed by atoms with Gasteiger partial charge in [0.15, 0.2) is 0 Å². The summed E-state index contributed by atoms with van der Waals surface area (Å²) in [5.74, 6) is -1.74. The minimum absolute atomic E-state index is 0.153. The van der Waals surface area contributed by atoms with E-state index in [9.17, 15) is 19.2 Å². The first-order valence-corrected chi connectivity index (χ1v) is 13.1. The molecule has 0 fully saturated rings.